The van der Waals surface area contributed by atoms with Crippen molar-refractivity contribution in [3.05, 3.63) is 70.9 Å². The zero-order valence-electron chi connectivity index (χ0n) is 26.9. The maximum atomic E-state index is 13.8. The molecule has 1 unspecified atom stereocenters. The Morgan fingerprint density at radius 3 is 2.16 bits per heavy atom. The largest absolute Gasteiger partial charge is 0.390 e. The van der Waals surface area contributed by atoms with Crippen LogP contribution < -0.4 is 4.72 Å². The van der Waals surface area contributed by atoms with Gasteiger partial charge in [0.25, 0.3) is 10.0 Å². The lowest BCUT2D eigenvalue weighted by Gasteiger charge is -2.43. The van der Waals surface area contributed by atoms with Gasteiger partial charge in [-0.05, 0) is 137 Å². The minimum absolute atomic E-state index is 0.107. The van der Waals surface area contributed by atoms with Crippen LogP contribution in [0.3, 0.4) is 0 Å². The predicted octanol–water partition coefficient (Wildman–Crippen LogP) is 8.22. The number of sulfonamides is 1. The minimum Gasteiger partial charge on any atom is -0.390 e. The molecule has 1 saturated carbocycles. The lowest BCUT2D eigenvalue weighted by molar-refractivity contribution is -0.0100. The first-order valence-corrected chi connectivity index (χ1v) is 17.4. The average molecular weight is 604 g/mol. The van der Waals surface area contributed by atoms with Gasteiger partial charge in [0.1, 0.15) is 0 Å². The first kappa shape index (κ1) is 31.6. The number of benzene rings is 2. The molecule has 7 heteroatoms. The predicted molar refractivity (Wildman–Crippen MR) is 175 cm³/mol. The number of anilines is 1. The van der Waals surface area contributed by atoms with Crippen molar-refractivity contribution in [3.63, 3.8) is 0 Å². The van der Waals surface area contributed by atoms with Gasteiger partial charge >= 0.3 is 0 Å². The van der Waals surface area contributed by atoms with Crippen LogP contribution in [-0.2, 0) is 16.4 Å². The van der Waals surface area contributed by atoms with Crippen LogP contribution in [0.25, 0.3) is 11.3 Å². The summed E-state index contributed by atoms with van der Waals surface area (Å²) in [5, 5.41) is 10.7. The molecule has 3 aromatic rings. The summed E-state index contributed by atoms with van der Waals surface area (Å²) in [6.45, 7) is 14.9. The number of nitrogens with one attached hydrogen (secondary N) is 1. The highest BCUT2D eigenvalue weighted by Crippen LogP contribution is 2.48. The van der Waals surface area contributed by atoms with E-state index in [1.54, 1.807) is 6.07 Å². The van der Waals surface area contributed by atoms with E-state index in [9.17, 15) is 13.5 Å². The third-order valence-electron chi connectivity index (χ3n) is 9.73. The smallest absolute Gasteiger partial charge is 0.264 e. The maximum absolute atomic E-state index is 13.8. The zero-order chi connectivity index (χ0) is 31.2. The fourth-order valence-electron chi connectivity index (χ4n) is 7.73. The molecule has 43 heavy (non-hydrogen) atoms. The van der Waals surface area contributed by atoms with E-state index in [1.807, 2.05) is 32.0 Å². The number of aromatic nitrogens is 2. The summed E-state index contributed by atoms with van der Waals surface area (Å²) in [5.41, 5.74) is 5.35. The molecule has 2 N–H and O–H groups in total. The van der Waals surface area contributed by atoms with Crippen LogP contribution in [0.4, 0.5) is 5.95 Å². The molecular formula is C36H49N3O3S. The van der Waals surface area contributed by atoms with Crippen molar-refractivity contribution in [3.8, 4) is 11.3 Å². The van der Waals surface area contributed by atoms with Crippen LogP contribution in [0.1, 0.15) is 101 Å². The SMILES string of the molecule is Cc1cccc(C)c1-c1cc2nc(n1)NS(=O)(=O)c1cccc(c1)C(C1CCC(C(C)(C)O)CC1)[C@H](CC(C)(C)C)CC2. The molecule has 1 aliphatic heterocycles. The van der Waals surface area contributed by atoms with Gasteiger partial charge in [0.05, 0.1) is 16.2 Å². The molecule has 0 spiro atoms. The molecular weight excluding hydrogens is 554 g/mol. The second-order valence-corrected chi connectivity index (χ2v) is 16.6. The number of nitrogens with zero attached hydrogens (tertiary/aromatic N) is 2. The number of hydrogen-bond donors (Lipinski definition) is 2. The van der Waals surface area contributed by atoms with Gasteiger partial charge < -0.3 is 5.11 Å². The molecule has 6 nitrogen and oxygen atoms in total. The standard InChI is InChI=1S/C36H49N3O3S/c1-23-10-8-11-24(2)32(23)31-21-29-19-16-27(22-35(3,4)5)33(25-14-17-28(18-15-25)36(6,7)40)26-12-9-13-30(20-26)43(41,42)39-34(37-29)38-31/h8-13,20-21,25,27-28,33,40H,14-19,22H2,1-7H3,(H,37,38,39)/t25?,27-,28?,33?/m0/s1. The topological polar surface area (TPSA) is 92.2 Å². The van der Waals surface area contributed by atoms with Crippen molar-refractivity contribution in [2.45, 2.75) is 110 Å². The van der Waals surface area contributed by atoms with E-state index in [0.717, 1.165) is 78.6 Å². The molecule has 2 aromatic carbocycles. The van der Waals surface area contributed by atoms with Gasteiger partial charge in [-0.15, -0.1) is 0 Å². The maximum Gasteiger partial charge on any atom is 0.264 e. The molecule has 0 radical (unpaired) electrons. The summed E-state index contributed by atoms with van der Waals surface area (Å²) in [7, 11) is -3.91. The van der Waals surface area contributed by atoms with E-state index in [0.29, 0.717) is 11.8 Å². The van der Waals surface area contributed by atoms with Crippen molar-refractivity contribution >= 4 is 16.0 Å². The zero-order valence-corrected chi connectivity index (χ0v) is 27.8. The van der Waals surface area contributed by atoms with Crippen molar-refractivity contribution in [1.82, 2.24) is 9.97 Å². The lowest BCUT2D eigenvalue weighted by Crippen LogP contribution is -2.36. The van der Waals surface area contributed by atoms with Crippen LogP contribution in [-0.4, -0.2) is 29.1 Å². The number of aliphatic hydroxyl groups is 1. The molecule has 4 bridgehead atoms. The van der Waals surface area contributed by atoms with Crippen LogP contribution >= 0.6 is 0 Å². The molecule has 0 amide bonds. The first-order chi connectivity index (χ1) is 20.1. The number of aryl methyl sites for hydroxylation is 3. The Morgan fingerprint density at radius 1 is 0.884 bits per heavy atom. The molecule has 0 saturated heterocycles. The van der Waals surface area contributed by atoms with Crippen molar-refractivity contribution in [2.75, 3.05) is 4.72 Å². The second kappa shape index (κ2) is 12.0. The Bertz CT molecular complexity index is 1540. The van der Waals surface area contributed by atoms with E-state index in [4.69, 9.17) is 9.97 Å². The Morgan fingerprint density at radius 2 is 1.53 bits per heavy atom. The lowest BCUT2D eigenvalue weighted by atomic mass is 9.63. The van der Waals surface area contributed by atoms with Gasteiger partial charge in [-0.25, -0.2) is 23.1 Å². The average Bonchev–Trinajstić information content (AvgIpc) is 2.90. The van der Waals surface area contributed by atoms with Crippen molar-refractivity contribution < 1.29 is 13.5 Å². The summed E-state index contributed by atoms with van der Waals surface area (Å²) < 4.78 is 30.3. The molecule has 232 valence electrons. The molecule has 2 atom stereocenters. The van der Waals surface area contributed by atoms with Crippen LogP contribution in [0.15, 0.2) is 53.4 Å². The molecule has 1 aliphatic carbocycles. The van der Waals surface area contributed by atoms with Crippen molar-refractivity contribution in [1.29, 1.82) is 0 Å². The van der Waals surface area contributed by atoms with E-state index in [2.05, 4.69) is 63.6 Å². The summed E-state index contributed by atoms with van der Waals surface area (Å²) in [6.07, 6.45) is 6.76. The highest BCUT2D eigenvalue weighted by atomic mass is 32.2. The molecule has 5 rings (SSSR count). The fraction of sp³-hybridized carbons (Fsp3) is 0.556. The quantitative estimate of drug-likeness (QED) is 0.313. The molecule has 1 fully saturated rings. The number of hydrogen-bond acceptors (Lipinski definition) is 5. The van der Waals surface area contributed by atoms with E-state index < -0.39 is 15.6 Å². The number of rotatable bonds is 4. The molecule has 2 heterocycles. The van der Waals surface area contributed by atoms with Gasteiger partial charge in [-0.1, -0.05) is 51.1 Å². The van der Waals surface area contributed by atoms with Crippen molar-refractivity contribution in [2.24, 2.45) is 23.2 Å². The Balaban J connectivity index is 1.62. The van der Waals surface area contributed by atoms with E-state index >= 15 is 0 Å². The Kier molecular flexibility index (Phi) is 8.80. The summed E-state index contributed by atoms with van der Waals surface area (Å²) >= 11 is 0. The normalized spacial score (nSPS) is 24.4. The third-order valence-corrected chi connectivity index (χ3v) is 11.1. The molecule has 1 aromatic heterocycles. The highest BCUT2D eigenvalue weighted by Gasteiger charge is 2.39. The Labute approximate surface area is 258 Å². The minimum atomic E-state index is -3.91. The second-order valence-electron chi connectivity index (χ2n) is 14.9. The van der Waals surface area contributed by atoms with Gasteiger partial charge in [-0.3, -0.25) is 0 Å². The van der Waals surface area contributed by atoms with E-state index in [-0.39, 0.29) is 28.1 Å². The van der Waals surface area contributed by atoms with Crippen LogP contribution in [0.5, 0.6) is 0 Å². The van der Waals surface area contributed by atoms with Gasteiger partial charge in [-0.2, -0.15) is 0 Å². The first-order valence-electron chi connectivity index (χ1n) is 15.9. The third kappa shape index (κ3) is 7.31. The summed E-state index contributed by atoms with van der Waals surface area (Å²) in [5.74, 6) is 1.39. The molecule has 2 aliphatic rings. The van der Waals surface area contributed by atoms with Gasteiger partial charge in [0.2, 0.25) is 5.95 Å². The highest BCUT2D eigenvalue weighted by molar-refractivity contribution is 7.92. The summed E-state index contributed by atoms with van der Waals surface area (Å²) in [6, 6.07) is 15.8. The summed E-state index contributed by atoms with van der Waals surface area (Å²) in [4.78, 5) is 9.74. The van der Waals surface area contributed by atoms with Crippen LogP contribution in [0, 0.1) is 37.0 Å². The Hall–Kier alpha value is -2.77. The van der Waals surface area contributed by atoms with Crippen LogP contribution in [0.2, 0.25) is 0 Å². The van der Waals surface area contributed by atoms with Gasteiger partial charge in [0.15, 0.2) is 0 Å². The monoisotopic (exact) mass is 603 g/mol. The number of fused-ring (bicyclic) bond motifs is 4. The van der Waals surface area contributed by atoms with E-state index in [1.165, 1.54) is 0 Å². The van der Waals surface area contributed by atoms with Gasteiger partial charge in [0, 0.05) is 11.3 Å². The fourth-order valence-corrected chi connectivity index (χ4v) is 8.73.